The van der Waals surface area contributed by atoms with E-state index >= 15 is 0 Å². The van der Waals surface area contributed by atoms with Crippen molar-refractivity contribution in [3.63, 3.8) is 0 Å². The van der Waals surface area contributed by atoms with Crippen molar-refractivity contribution in [2.45, 2.75) is 19.1 Å². The maximum absolute atomic E-state index is 12.4. The molecule has 2 aromatic rings. The molecule has 2 atom stereocenters. The Kier molecular flexibility index (Phi) is 6.77. The summed E-state index contributed by atoms with van der Waals surface area (Å²) in [6, 6.07) is 9.19. The van der Waals surface area contributed by atoms with E-state index in [4.69, 9.17) is 28.4 Å². The lowest BCUT2D eigenvalue weighted by Gasteiger charge is -2.17. The molecule has 0 spiro atoms. The summed E-state index contributed by atoms with van der Waals surface area (Å²) in [5.74, 6) is 0.681. The summed E-state index contributed by atoms with van der Waals surface area (Å²) in [4.78, 5) is 23.8. The van der Waals surface area contributed by atoms with Gasteiger partial charge in [0.05, 0.1) is 19.8 Å². The van der Waals surface area contributed by atoms with Crippen LogP contribution in [0.3, 0.4) is 0 Å². The van der Waals surface area contributed by atoms with E-state index in [0.717, 1.165) is 10.8 Å². The average molecular weight is 443 g/mol. The molecule has 1 amide bonds. The highest BCUT2D eigenvalue weighted by atomic mass is 16.6. The first-order valence-corrected chi connectivity index (χ1v) is 10.3. The Morgan fingerprint density at radius 3 is 2.38 bits per heavy atom. The molecule has 0 saturated carbocycles. The van der Waals surface area contributed by atoms with E-state index in [2.05, 4.69) is 11.9 Å². The summed E-state index contributed by atoms with van der Waals surface area (Å²) in [7, 11) is 0. The third-order valence-electron chi connectivity index (χ3n) is 4.72. The molecule has 2 fully saturated rings. The highest BCUT2D eigenvalue weighted by molar-refractivity contribution is 5.96. The van der Waals surface area contributed by atoms with Gasteiger partial charge in [-0.05, 0) is 6.92 Å². The molecule has 9 heteroatoms. The van der Waals surface area contributed by atoms with E-state index < -0.39 is 12.1 Å². The van der Waals surface area contributed by atoms with E-state index in [1.165, 1.54) is 0 Å². The summed E-state index contributed by atoms with van der Waals surface area (Å²) in [5.41, 5.74) is 0.286. The van der Waals surface area contributed by atoms with Crippen LogP contribution in [-0.4, -0.2) is 63.8 Å². The van der Waals surface area contributed by atoms with Crippen molar-refractivity contribution in [2.24, 2.45) is 0 Å². The summed E-state index contributed by atoms with van der Waals surface area (Å²) < 4.78 is 32.8. The van der Waals surface area contributed by atoms with E-state index in [1.807, 2.05) is 24.3 Å². The molecule has 2 saturated heterocycles. The molecule has 4 rings (SSSR count). The zero-order chi connectivity index (χ0) is 22.5. The predicted octanol–water partition coefficient (Wildman–Crippen LogP) is 2.60. The molecule has 170 valence electrons. The minimum absolute atomic E-state index is 0.00333. The number of carbonyl (C=O) groups is 2. The number of hydrogen-bond acceptors (Lipinski definition) is 8. The van der Waals surface area contributed by atoms with Crippen molar-refractivity contribution in [3.8, 4) is 17.2 Å². The number of benzene rings is 2. The zero-order valence-corrected chi connectivity index (χ0v) is 17.8. The molecule has 2 aliphatic heterocycles. The minimum Gasteiger partial charge on any atom is -0.490 e. The third-order valence-corrected chi connectivity index (χ3v) is 4.72. The first kappa shape index (κ1) is 21.9. The Bertz CT molecular complexity index is 1010. The molecular weight excluding hydrogens is 418 g/mol. The molecule has 0 aliphatic carbocycles. The second kappa shape index (κ2) is 9.88. The fourth-order valence-corrected chi connectivity index (χ4v) is 2.88. The Labute approximate surface area is 185 Å². The molecule has 2 aromatic carbocycles. The van der Waals surface area contributed by atoms with E-state index in [9.17, 15) is 9.59 Å². The molecule has 32 heavy (non-hydrogen) atoms. The van der Waals surface area contributed by atoms with Gasteiger partial charge < -0.3 is 33.7 Å². The fraction of sp³-hybridized carbons (Fsp3) is 0.391. The number of hydrogen-bond donors (Lipinski definition) is 1. The van der Waals surface area contributed by atoms with Crippen LogP contribution in [0.2, 0.25) is 0 Å². The van der Waals surface area contributed by atoms with Gasteiger partial charge in [-0.15, -0.1) is 0 Å². The van der Waals surface area contributed by atoms with Crippen LogP contribution in [0, 0.1) is 0 Å². The zero-order valence-electron chi connectivity index (χ0n) is 17.8. The van der Waals surface area contributed by atoms with Crippen molar-refractivity contribution in [2.75, 3.05) is 39.6 Å². The summed E-state index contributed by atoms with van der Waals surface area (Å²) in [6.45, 7) is 7.18. The lowest BCUT2D eigenvalue weighted by atomic mass is 10.1. The topological polar surface area (TPSA) is 108 Å². The average Bonchev–Trinajstić information content (AvgIpc) is 3.69. The number of ether oxygens (including phenoxy) is 6. The molecule has 0 bridgehead atoms. The van der Waals surface area contributed by atoms with Gasteiger partial charge in [0.1, 0.15) is 37.8 Å². The SMILES string of the molecule is C=C(C)C(=O)OCCNC(=O)Oc1cc(OCC2CO2)c2ccccc2c1OCC1CO1. The van der Waals surface area contributed by atoms with Crippen LogP contribution in [0.15, 0.2) is 42.5 Å². The molecule has 2 heterocycles. The van der Waals surface area contributed by atoms with Crippen LogP contribution in [0.25, 0.3) is 10.8 Å². The number of epoxide rings is 2. The van der Waals surface area contributed by atoms with Crippen molar-refractivity contribution < 1.29 is 38.0 Å². The number of esters is 1. The largest absolute Gasteiger partial charge is 0.490 e. The highest BCUT2D eigenvalue weighted by Gasteiger charge is 2.27. The van der Waals surface area contributed by atoms with Gasteiger partial charge in [0, 0.05) is 22.4 Å². The van der Waals surface area contributed by atoms with Crippen LogP contribution in [0.5, 0.6) is 17.2 Å². The maximum atomic E-state index is 12.4. The van der Waals surface area contributed by atoms with Gasteiger partial charge in [-0.25, -0.2) is 9.59 Å². The highest BCUT2D eigenvalue weighted by Crippen LogP contribution is 2.42. The summed E-state index contributed by atoms with van der Waals surface area (Å²) in [6.07, 6.45) is -0.608. The number of nitrogens with one attached hydrogen (secondary N) is 1. The van der Waals surface area contributed by atoms with Crippen LogP contribution < -0.4 is 19.5 Å². The number of fused-ring (bicyclic) bond motifs is 1. The van der Waals surface area contributed by atoms with Crippen molar-refractivity contribution >= 4 is 22.8 Å². The van der Waals surface area contributed by atoms with Gasteiger partial charge in [0.25, 0.3) is 0 Å². The van der Waals surface area contributed by atoms with E-state index in [-0.39, 0.29) is 36.7 Å². The smallest absolute Gasteiger partial charge is 0.412 e. The van der Waals surface area contributed by atoms with Crippen molar-refractivity contribution in [1.82, 2.24) is 5.32 Å². The predicted molar refractivity (Wildman–Crippen MR) is 114 cm³/mol. The number of rotatable bonds is 11. The van der Waals surface area contributed by atoms with Gasteiger partial charge in [0.15, 0.2) is 11.5 Å². The van der Waals surface area contributed by atoms with Crippen LogP contribution >= 0.6 is 0 Å². The first-order valence-electron chi connectivity index (χ1n) is 10.3. The molecule has 0 radical (unpaired) electrons. The van der Waals surface area contributed by atoms with Crippen LogP contribution in [0.4, 0.5) is 4.79 Å². The number of amides is 1. The first-order chi connectivity index (χ1) is 15.5. The second-order valence-electron chi connectivity index (χ2n) is 7.51. The quantitative estimate of drug-likeness (QED) is 0.244. The standard InChI is InChI=1S/C23H25NO8/c1-14(2)22(25)27-8-7-24-23(26)32-20-9-19(30-12-15-10-28-15)17-5-3-4-6-18(17)21(20)31-13-16-11-29-16/h3-6,9,15-16H,1,7-8,10-13H2,2H3,(H,24,26). The van der Waals surface area contributed by atoms with Gasteiger partial charge in [0.2, 0.25) is 0 Å². The maximum Gasteiger partial charge on any atom is 0.412 e. The molecule has 9 nitrogen and oxygen atoms in total. The Morgan fingerprint density at radius 1 is 1.06 bits per heavy atom. The normalized spacial score (nSPS) is 18.5. The van der Waals surface area contributed by atoms with Crippen molar-refractivity contribution in [3.05, 3.63) is 42.5 Å². The fourth-order valence-electron chi connectivity index (χ4n) is 2.88. The lowest BCUT2D eigenvalue weighted by Crippen LogP contribution is -2.30. The Hall–Kier alpha value is -3.30. The van der Waals surface area contributed by atoms with Crippen molar-refractivity contribution in [1.29, 1.82) is 0 Å². The van der Waals surface area contributed by atoms with Gasteiger partial charge in [-0.1, -0.05) is 30.8 Å². The van der Waals surface area contributed by atoms with Gasteiger partial charge in [-0.3, -0.25) is 0 Å². The van der Waals surface area contributed by atoms with Gasteiger partial charge >= 0.3 is 12.1 Å². The molecular formula is C23H25NO8. The van der Waals surface area contributed by atoms with E-state index in [1.54, 1.807) is 13.0 Å². The molecule has 2 aliphatic rings. The molecule has 1 N–H and O–H groups in total. The summed E-state index contributed by atoms with van der Waals surface area (Å²) in [5, 5.41) is 4.13. The minimum atomic E-state index is -0.712. The summed E-state index contributed by atoms with van der Waals surface area (Å²) >= 11 is 0. The lowest BCUT2D eigenvalue weighted by molar-refractivity contribution is -0.138. The Balaban J connectivity index is 1.49. The third kappa shape index (κ3) is 5.89. The molecule has 0 aromatic heterocycles. The molecule has 2 unspecified atom stereocenters. The number of carbonyl (C=O) groups excluding carboxylic acids is 2. The van der Waals surface area contributed by atoms with Crippen LogP contribution in [-0.2, 0) is 19.0 Å². The van der Waals surface area contributed by atoms with Gasteiger partial charge in [-0.2, -0.15) is 0 Å². The monoisotopic (exact) mass is 443 g/mol. The second-order valence-corrected chi connectivity index (χ2v) is 7.51. The van der Waals surface area contributed by atoms with Crippen LogP contribution in [0.1, 0.15) is 6.92 Å². The Morgan fingerprint density at radius 2 is 1.72 bits per heavy atom. The van der Waals surface area contributed by atoms with E-state index in [0.29, 0.717) is 37.9 Å².